The van der Waals surface area contributed by atoms with Gasteiger partial charge in [-0.1, -0.05) is 170 Å². The largest absolute Gasteiger partial charge is 0.0619 e. The number of rotatable bonds is 3. The Balaban J connectivity index is 0.970. The van der Waals surface area contributed by atoms with E-state index in [1.54, 1.807) is 0 Å². The van der Waals surface area contributed by atoms with E-state index >= 15 is 0 Å². The van der Waals surface area contributed by atoms with Crippen molar-refractivity contribution in [2.24, 2.45) is 0 Å². The van der Waals surface area contributed by atoms with Gasteiger partial charge >= 0.3 is 0 Å². The van der Waals surface area contributed by atoms with E-state index in [1.165, 1.54) is 121 Å². The summed E-state index contributed by atoms with van der Waals surface area (Å²) in [6, 6.07) is 56.2. The predicted molar refractivity (Wildman–Crippen MR) is 245 cm³/mol. The van der Waals surface area contributed by atoms with Gasteiger partial charge in [-0.05, 0) is 158 Å². The van der Waals surface area contributed by atoms with Crippen molar-refractivity contribution >= 4 is 32.3 Å². The first-order chi connectivity index (χ1) is 27.3. The Hall–Kier alpha value is -5.98. The molecule has 0 aromatic heterocycles. The van der Waals surface area contributed by atoms with Gasteiger partial charge in [-0.15, -0.1) is 0 Å². The Kier molecular flexibility index (Phi) is 6.95. The summed E-state index contributed by atoms with van der Waals surface area (Å²) in [5.74, 6) is 0. The molecule has 0 radical (unpaired) electrons. The molecule has 2 aliphatic carbocycles. The third-order valence-corrected chi connectivity index (χ3v) is 13.9. The summed E-state index contributed by atoms with van der Waals surface area (Å²) >= 11 is 0. The van der Waals surface area contributed by atoms with Crippen LogP contribution in [-0.4, -0.2) is 0 Å². The molecule has 0 amide bonds. The highest BCUT2D eigenvalue weighted by molar-refractivity contribution is 6.26. The maximum Gasteiger partial charge on any atom is 0.0159 e. The van der Waals surface area contributed by atoms with Crippen LogP contribution in [0, 0.1) is 6.92 Å². The average molecular weight is 733 g/mol. The van der Waals surface area contributed by atoms with Crippen LogP contribution in [0.1, 0.15) is 81.8 Å². The fourth-order valence-corrected chi connectivity index (χ4v) is 10.6. The van der Waals surface area contributed by atoms with Crippen LogP contribution >= 0.6 is 0 Å². The van der Waals surface area contributed by atoms with Crippen molar-refractivity contribution < 1.29 is 0 Å². The van der Waals surface area contributed by atoms with Gasteiger partial charge in [-0.2, -0.15) is 0 Å². The van der Waals surface area contributed by atoms with Gasteiger partial charge in [0.2, 0.25) is 0 Å². The Bertz CT molecular complexity index is 3140. The molecule has 0 heterocycles. The van der Waals surface area contributed by atoms with Crippen LogP contribution in [0.5, 0.6) is 0 Å². The van der Waals surface area contributed by atoms with Crippen LogP contribution < -0.4 is 0 Å². The molecule has 0 spiro atoms. The standard InChI is InChI=1S/C57H48/c1-33-26-48(47-25-20-40-29-41(55(2,3)4)28-39-19-21-42(33)54(47)53(39)40)38-13-11-12-34(27-38)35-16-23-45-46-24-18-37(32-52(46)57(7,8)51(45)30-35)36-17-22-44-43-14-9-10-15-49(43)56(5,6)50(44)31-36/h9-32H,1-8H3. The van der Waals surface area contributed by atoms with Crippen LogP contribution in [0.25, 0.3) is 88.0 Å². The number of hydrogen-bond acceptors (Lipinski definition) is 0. The van der Waals surface area contributed by atoms with Gasteiger partial charge in [-0.25, -0.2) is 0 Å². The van der Waals surface area contributed by atoms with Gasteiger partial charge in [-0.3, -0.25) is 0 Å². The quantitative estimate of drug-likeness (QED) is 0.159. The summed E-state index contributed by atoms with van der Waals surface area (Å²) in [5.41, 5.74) is 21.4. The third kappa shape index (κ3) is 4.86. The van der Waals surface area contributed by atoms with Crippen LogP contribution in [0.4, 0.5) is 0 Å². The Morgan fingerprint density at radius 2 is 0.860 bits per heavy atom. The first-order valence-electron chi connectivity index (χ1n) is 20.7. The molecule has 0 atom stereocenters. The maximum absolute atomic E-state index is 2.46. The lowest BCUT2D eigenvalue weighted by Gasteiger charge is -2.23. The summed E-state index contributed by atoms with van der Waals surface area (Å²) in [5, 5.41) is 8.10. The van der Waals surface area contributed by atoms with Gasteiger partial charge < -0.3 is 0 Å². The van der Waals surface area contributed by atoms with Gasteiger partial charge in [0.05, 0.1) is 0 Å². The molecule has 0 bridgehead atoms. The number of aryl methyl sites for hydroxylation is 1. The van der Waals surface area contributed by atoms with Crippen LogP contribution in [0.2, 0.25) is 0 Å². The molecule has 0 nitrogen and oxygen atoms in total. The fourth-order valence-electron chi connectivity index (χ4n) is 10.6. The smallest absolute Gasteiger partial charge is 0.0159 e. The van der Waals surface area contributed by atoms with Crippen molar-refractivity contribution in [1.82, 2.24) is 0 Å². The fraction of sp³-hybridized carbons (Fsp3) is 0.193. The van der Waals surface area contributed by atoms with Crippen LogP contribution in [-0.2, 0) is 16.2 Å². The molecule has 0 fully saturated rings. The normalized spacial score (nSPS) is 14.9. The molecule has 0 unspecified atom stereocenters. The van der Waals surface area contributed by atoms with Crippen LogP contribution in [0.3, 0.4) is 0 Å². The molecule has 0 N–H and O–H groups in total. The summed E-state index contributed by atoms with van der Waals surface area (Å²) in [6.45, 7) is 18.7. The Morgan fingerprint density at radius 1 is 0.368 bits per heavy atom. The summed E-state index contributed by atoms with van der Waals surface area (Å²) in [6.07, 6.45) is 0. The molecule has 9 aromatic carbocycles. The second-order valence-electron chi connectivity index (χ2n) is 19.0. The SMILES string of the molecule is Cc1cc(-c2cccc(-c3ccc4c(c3)C(C)(C)c3cc(-c5ccc6c(c5)C(C)(C)c5ccccc5-6)ccc3-4)c2)c2ccc3cc(C(C)(C)C)cc4ccc1c2c43. The second kappa shape index (κ2) is 11.5. The van der Waals surface area contributed by atoms with Gasteiger partial charge in [0, 0.05) is 10.8 Å². The summed E-state index contributed by atoms with van der Waals surface area (Å²) < 4.78 is 0. The van der Waals surface area contributed by atoms with E-state index < -0.39 is 0 Å². The molecule has 0 aliphatic heterocycles. The maximum atomic E-state index is 2.46. The minimum atomic E-state index is -0.128. The van der Waals surface area contributed by atoms with Crippen molar-refractivity contribution in [2.45, 2.75) is 71.6 Å². The molecule has 0 saturated heterocycles. The van der Waals surface area contributed by atoms with E-state index in [0.29, 0.717) is 0 Å². The second-order valence-corrected chi connectivity index (χ2v) is 19.0. The van der Waals surface area contributed by atoms with E-state index in [0.717, 1.165) is 0 Å². The summed E-state index contributed by atoms with van der Waals surface area (Å²) in [7, 11) is 0. The number of hydrogen-bond donors (Lipinski definition) is 0. The zero-order chi connectivity index (χ0) is 39.2. The first kappa shape index (κ1) is 34.3. The van der Waals surface area contributed by atoms with E-state index in [2.05, 4.69) is 201 Å². The molecule has 276 valence electrons. The monoisotopic (exact) mass is 732 g/mol. The van der Waals surface area contributed by atoms with Crippen LogP contribution in [0.15, 0.2) is 146 Å². The zero-order valence-electron chi connectivity index (χ0n) is 34.4. The zero-order valence-corrected chi connectivity index (χ0v) is 34.4. The summed E-state index contributed by atoms with van der Waals surface area (Å²) in [4.78, 5) is 0. The third-order valence-electron chi connectivity index (χ3n) is 13.9. The van der Waals surface area contributed by atoms with Crippen molar-refractivity contribution in [3.05, 3.63) is 179 Å². The molecular weight excluding hydrogens is 685 g/mol. The highest BCUT2D eigenvalue weighted by Crippen LogP contribution is 2.53. The lowest BCUT2D eigenvalue weighted by Crippen LogP contribution is -2.15. The van der Waals surface area contributed by atoms with Crippen molar-refractivity contribution in [3.8, 4) is 55.6 Å². The Morgan fingerprint density at radius 3 is 1.44 bits per heavy atom. The van der Waals surface area contributed by atoms with Crippen molar-refractivity contribution in [3.63, 3.8) is 0 Å². The minimum absolute atomic E-state index is 0.0167. The van der Waals surface area contributed by atoms with E-state index in [9.17, 15) is 0 Å². The lowest BCUT2D eigenvalue weighted by molar-refractivity contribution is 0.591. The van der Waals surface area contributed by atoms with Gasteiger partial charge in [0.15, 0.2) is 0 Å². The first-order valence-corrected chi connectivity index (χ1v) is 20.7. The molecule has 9 aromatic rings. The van der Waals surface area contributed by atoms with Gasteiger partial charge in [0.1, 0.15) is 0 Å². The Labute approximate surface area is 337 Å². The molecular formula is C57H48. The molecule has 57 heavy (non-hydrogen) atoms. The predicted octanol–water partition coefficient (Wildman–Crippen LogP) is 15.8. The molecule has 0 saturated carbocycles. The number of benzene rings is 9. The van der Waals surface area contributed by atoms with Crippen molar-refractivity contribution in [1.29, 1.82) is 0 Å². The van der Waals surface area contributed by atoms with E-state index in [4.69, 9.17) is 0 Å². The van der Waals surface area contributed by atoms with Crippen molar-refractivity contribution in [2.75, 3.05) is 0 Å². The molecule has 0 heteroatoms. The van der Waals surface area contributed by atoms with E-state index in [-0.39, 0.29) is 16.2 Å². The molecule has 2 aliphatic rings. The minimum Gasteiger partial charge on any atom is -0.0619 e. The van der Waals surface area contributed by atoms with Gasteiger partial charge in [0.25, 0.3) is 0 Å². The average Bonchev–Trinajstić information content (AvgIpc) is 3.58. The highest BCUT2D eigenvalue weighted by Gasteiger charge is 2.37. The molecule has 11 rings (SSSR count). The highest BCUT2D eigenvalue weighted by atomic mass is 14.4. The topological polar surface area (TPSA) is 0 Å². The lowest BCUT2D eigenvalue weighted by atomic mass is 9.80. The van der Waals surface area contributed by atoms with E-state index in [1.807, 2.05) is 0 Å². The number of fused-ring (bicyclic) bond motifs is 6.